The Labute approximate surface area is 212 Å². The van der Waals surface area contributed by atoms with Crippen molar-refractivity contribution in [3.05, 3.63) is 107 Å². The molecule has 2 aromatic carbocycles. The summed E-state index contributed by atoms with van der Waals surface area (Å²) in [6.45, 7) is 8.58. The first-order valence-corrected chi connectivity index (χ1v) is 12.2. The monoisotopic (exact) mass is 482 g/mol. The molecule has 5 nitrogen and oxygen atoms in total. The molecular weight excluding hydrogens is 452 g/mol. The normalized spacial score (nSPS) is 17.5. The second-order valence-electron chi connectivity index (χ2n) is 9.21. The fraction of sp³-hybridized carbons (Fsp3) is 0.241. The lowest BCUT2D eigenvalue weighted by Gasteiger charge is -2.29. The second-order valence-corrected chi connectivity index (χ2v) is 9.59. The van der Waals surface area contributed by atoms with Crippen LogP contribution in [0.1, 0.15) is 45.9 Å². The summed E-state index contributed by atoms with van der Waals surface area (Å²) in [5, 5.41) is 4.30. The number of thiocarbonyl (C=S) groups is 1. The maximum Gasteiger partial charge on any atom is 0.174 e. The first-order valence-electron chi connectivity index (χ1n) is 11.8. The van der Waals surface area contributed by atoms with Crippen LogP contribution in [0.3, 0.4) is 0 Å². The van der Waals surface area contributed by atoms with E-state index in [9.17, 15) is 0 Å². The molecule has 1 fully saturated rings. The van der Waals surface area contributed by atoms with E-state index in [1.807, 2.05) is 30.5 Å². The highest BCUT2D eigenvalue weighted by Crippen LogP contribution is 2.44. The number of benzene rings is 2. The summed E-state index contributed by atoms with van der Waals surface area (Å²) < 4.78 is 7.78. The minimum atomic E-state index is -0.0798. The van der Waals surface area contributed by atoms with Gasteiger partial charge < -0.3 is 19.5 Å². The Morgan fingerprint density at radius 1 is 0.886 bits per heavy atom. The van der Waals surface area contributed by atoms with Crippen molar-refractivity contribution in [2.24, 2.45) is 0 Å². The predicted molar refractivity (Wildman–Crippen MR) is 146 cm³/mol. The maximum absolute atomic E-state index is 5.94. The molecular formula is C29H30N4OS. The number of aryl methyl sites for hydroxylation is 3. The van der Waals surface area contributed by atoms with E-state index in [0.717, 1.165) is 28.5 Å². The smallest absolute Gasteiger partial charge is 0.174 e. The molecule has 0 bridgehead atoms. The Morgan fingerprint density at radius 3 is 2.34 bits per heavy atom. The highest BCUT2D eigenvalue weighted by molar-refractivity contribution is 7.80. The van der Waals surface area contributed by atoms with Crippen LogP contribution in [0, 0.1) is 27.7 Å². The van der Waals surface area contributed by atoms with Gasteiger partial charge in [0.1, 0.15) is 5.75 Å². The Bertz CT molecular complexity index is 1380. The Morgan fingerprint density at radius 2 is 1.66 bits per heavy atom. The number of aromatic nitrogens is 2. The lowest BCUT2D eigenvalue weighted by Crippen LogP contribution is -2.29. The number of anilines is 1. The first-order chi connectivity index (χ1) is 16.9. The number of nitrogens with one attached hydrogen (secondary N) is 1. The molecule has 0 saturated carbocycles. The molecule has 4 aromatic rings. The van der Waals surface area contributed by atoms with E-state index in [1.54, 1.807) is 7.11 Å². The molecule has 0 aliphatic carbocycles. The van der Waals surface area contributed by atoms with Gasteiger partial charge in [0.25, 0.3) is 0 Å². The van der Waals surface area contributed by atoms with Gasteiger partial charge in [-0.05, 0) is 99.1 Å². The lowest BCUT2D eigenvalue weighted by atomic mass is 9.96. The van der Waals surface area contributed by atoms with E-state index in [1.165, 1.54) is 22.4 Å². The van der Waals surface area contributed by atoms with Crippen LogP contribution in [0.2, 0.25) is 0 Å². The van der Waals surface area contributed by atoms with Crippen LogP contribution in [-0.2, 0) is 0 Å². The number of pyridine rings is 1. The van der Waals surface area contributed by atoms with E-state index >= 15 is 0 Å². The van der Waals surface area contributed by atoms with Crippen LogP contribution in [0.5, 0.6) is 5.75 Å². The zero-order chi connectivity index (χ0) is 24.7. The number of nitrogens with zero attached hydrogens (tertiary/aromatic N) is 3. The molecule has 1 aliphatic heterocycles. The van der Waals surface area contributed by atoms with Crippen molar-refractivity contribution in [3.8, 4) is 11.4 Å². The van der Waals surface area contributed by atoms with Gasteiger partial charge in [-0.2, -0.15) is 0 Å². The molecule has 0 spiro atoms. The first kappa shape index (κ1) is 23.1. The SMILES string of the molecule is COc1cccc(-n2c(C)cc([C@H]3[C@H](c4ccccn4)NC(=S)N3c3cc(C)cc(C)c3)c2C)c1. The van der Waals surface area contributed by atoms with Gasteiger partial charge in [0.05, 0.1) is 24.9 Å². The van der Waals surface area contributed by atoms with Gasteiger partial charge >= 0.3 is 0 Å². The minimum absolute atomic E-state index is 0.0517. The molecule has 6 heteroatoms. The Kier molecular flexibility index (Phi) is 6.07. The van der Waals surface area contributed by atoms with Crippen molar-refractivity contribution in [2.75, 3.05) is 12.0 Å². The standard InChI is InChI=1S/C29H30N4OS/c1-18-13-19(2)15-23(14-18)33-28(27(31-29(33)35)26-11-6-7-12-30-26)25-16-20(3)32(21(25)4)22-9-8-10-24(17-22)34-5/h6-17,27-28H,1-5H3,(H,31,35)/t27-,28-/m0/s1. The van der Waals surface area contributed by atoms with Crippen LogP contribution in [0.25, 0.3) is 5.69 Å². The molecule has 0 amide bonds. The predicted octanol–water partition coefficient (Wildman–Crippen LogP) is 6.29. The van der Waals surface area contributed by atoms with E-state index in [0.29, 0.717) is 5.11 Å². The molecule has 1 aliphatic rings. The third-order valence-electron chi connectivity index (χ3n) is 6.68. The van der Waals surface area contributed by atoms with Crippen molar-refractivity contribution in [1.29, 1.82) is 0 Å². The van der Waals surface area contributed by atoms with Gasteiger partial charge in [-0.3, -0.25) is 4.98 Å². The van der Waals surface area contributed by atoms with E-state index in [-0.39, 0.29) is 12.1 Å². The van der Waals surface area contributed by atoms with Crippen molar-refractivity contribution < 1.29 is 4.74 Å². The summed E-state index contributed by atoms with van der Waals surface area (Å²) in [5.74, 6) is 0.837. The van der Waals surface area contributed by atoms with Crippen molar-refractivity contribution in [1.82, 2.24) is 14.9 Å². The highest BCUT2D eigenvalue weighted by atomic mass is 32.1. The van der Waals surface area contributed by atoms with E-state index < -0.39 is 0 Å². The van der Waals surface area contributed by atoms with Crippen molar-refractivity contribution >= 4 is 23.0 Å². The Hall–Kier alpha value is -3.64. The zero-order valence-electron chi connectivity index (χ0n) is 20.7. The molecule has 1 N–H and O–H groups in total. The molecule has 0 unspecified atom stereocenters. The van der Waals surface area contributed by atoms with Gasteiger partial charge in [0.2, 0.25) is 0 Å². The summed E-state index contributed by atoms with van der Waals surface area (Å²) in [6, 6.07) is 23.0. The van der Waals surface area contributed by atoms with Crippen LogP contribution in [0.4, 0.5) is 5.69 Å². The molecule has 2 aromatic heterocycles. The molecule has 178 valence electrons. The van der Waals surface area contributed by atoms with Crippen LogP contribution < -0.4 is 15.0 Å². The molecule has 3 heterocycles. The summed E-state index contributed by atoms with van der Waals surface area (Å²) in [5.41, 5.74) is 9.10. The molecule has 35 heavy (non-hydrogen) atoms. The number of rotatable bonds is 5. The summed E-state index contributed by atoms with van der Waals surface area (Å²) in [6.07, 6.45) is 1.84. The molecule has 5 rings (SSSR count). The largest absolute Gasteiger partial charge is 0.497 e. The van der Waals surface area contributed by atoms with Gasteiger partial charge in [-0.25, -0.2) is 0 Å². The molecule has 1 saturated heterocycles. The van der Waals surface area contributed by atoms with Gasteiger partial charge in [0.15, 0.2) is 5.11 Å². The van der Waals surface area contributed by atoms with Crippen LogP contribution >= 0.6 is 12.2 Å². The average molecular weight is 483 g/mol. The fourth-order valence-corrected chi connectivity index (χ4v) is 5.62. The molecule has 2 atom stereocenters. The lowest BCUT2D eigenvalue weighted by molar-refractivity contribution is 0.414. The Balaban J connectivity index is 1.69. The average Bonchev–Trinajstić information content (AvgIpc) is 3.34. The van der Waals surface area contributed by atoms with E-state index in [2.05, 4.69) is 84.9 Å². The van der Waals surface area contributed by atoms with Crippen LogP contribution in [0.15, 0.2) is 72.9 Å². The maximum atomic E-state index is 5.94. The van der Waals surface area contributed by atoms with Crippen LogP contribution in [-0.4, -0.2) is 21.8 Å². The van der Waals surface area contributed by atoms with Gasteiger partial charge in [-0.15, -0.1) is 0 Å². The van der Waals surface area contributed by atoms with Gasteiger partial charge in [0, 0.05) is 35.0 Å². The van der Waals surface area contributed by atoms with E-state index in [4.69, 9.17) is 21.9 Å². The summed E-state index contributed by atoms with van der Waals surface area (Å²) >= 11 is 5.94. The van der Waals surface area contributed by atoms with Crippen molar-refractivity contribution in [3.63, 3.8) is 0 Å². The third-order valence-corrected chi connectivity index (χ3v) is 7.00. The number of methoxy groups -OCH3 is 1. The minimum Gasteiger partial charge on any atom is -0.497 e. The molecule has 0 radical (unpaired) electrons. The number of hydrogen-bond acceptors (Lipinski definition) is 3. The highest BCUT2D eigenvalue weighted by Gasteiger charge is 2.42. The quantitative estimate of drug-likeness (QED) is 0.339. The summed E-state index contributed by atoms with van der Waals surface area (Å²) in [4.78, 5) is 6.96. The summed E-state index contributed by atoms with van der Waals surface area (Å²) in [7, 11) is 1.70. The fourth-order valence-electron chi connectivity index (χ4n) is 5.27. The van der Waals surface area contributed by atoms with Gasteiger partial charge in [-0.1, -0.05) is 18.2 Å². The second kappa shape index (κ2) is 9.19. The van der Waals surface area contributed by atoms with Crippen molar-refractivity contribution in [2.45, 2.75) is 39.8 Å². The zero-order valence-corrected chi connectivity index (χ0v) is 21.6. The number of ether oxygens (including phenoxy) is 1. The third kappa shape index (κ3) is 4.19. The topological polar surface area (TPSA) is 42.3 Å². The number of hydrogen-bond donors (Lipinski definition) is 1.